The molecule has 1 fully saturated rings. The minimum Gasteiger partial charge on any atom is -0.377 e. The number of ether oxygens (including phenoxy) is 1. The highest BCUT2D eigenvalue weighted by molar-refractivity contribution is 4.84. The third-order valence-corrected chi connectivity index (χ3v) is 3.16. The summed E-state index contributed by atoms with van der Waals surface area (Å²) in [6, 6.07) is 0. The molecule has 0 aromatic rings. The van der Waals surface area contributed by atoms with E-state index in [0.717, 1.165) is 19.5 Å². The van der Waals surface area contributed by atoms with Gasteiger partial charge in [0.1, 0.15) is 0 Å². The van der Waals surface area contributed by atoms with Crippen LogP contribution in [0.3, 0.4) is 0 Å². The van der Waals surface area contributed by atoms with Gasteiger partial charge in [-0.2, -0.15) is 0 Å². The van der Waals surface area contributed by atoms with Gasteiger partial charge in [0.15, 0.2) is 0 Å². The van der Waals surface area contributed by atoms with Gasteiger partial charge >= 0.3 is 0 Å². The van der Waals surface area contributed by atoms with Crippen LogP contribution in [0.4, 0.5) is 0 Å². The third-order valence-electron chi connectivity index (χ3n) is 3.16. The van der Waals surface area contributed by atoms with Gasteiger partial charge < -0.3 is 15.4 Å². The smallest absolute Gasteiger partial charge is 0.0777 e. The van der Waals surface area contributed by atoms with Crippen molar-refractivity contribution in [3.05, 3.63) is 0 Å². The van der Waals surface area contributed by atoms with Gasteiger partial charge in [0, 0.05) is 13.7 Å². The molecule has 3 heteroatoms. The molecule has 1 saturated heterocycles. The molecule has 0 bridgehead atoms. The summed E-state index contributed by atoms with van der Waals surface area (Å²) in [6.45, 7) is 6.51. The molecule has 0 aromatic carbocycles. The summed E-state index contributed by atoms with van der Waals surface area (Å²) in [4.78, 5) is 2.50. The summed E-state index contributed by atoms with van der Waals surface area (Å²) in [5, 5.41) is 0. The largest absolute Gasteiger partial charge is 0.377 e. The first-order valence-electron chi connectivity index (χ1n) is 5.68. The zero-order valence-corrected chi connectivity index (χ0v) is 9.59. The van der Waals surface area contributed by atoms with Crippen LogP contribution in [0.15, 0.2) is 0 Å². The van der Waals surface area contributed by atoms with Crippen LogP contribution in [0.1, 0.15) is 32.6 Å². The fraction of sp³-hybridized carbons (Fsp3) is 1.00. The van der Waals surface area contributed by atoms with Gasteiger partial charge in [-0.15, -0.1) is 0 Å². The monoisotopic (exact) mass is 200 g/mol. The molecular weight excluding hydrogens is 176 g/mol. The van der Waals surface area contributed by atoms with Crippen molar-refractivity contribution in [2.24, 2.45) is 5.73 Å². The molecule has 0 radical (unpaired) electrons. The molecule has 0 spiro atoms. The lowest BCUT2D eigenvalue weighted by molar-refractivity contribution is -0.0507. The normalized spacial score (nSPS) is 29.4. The first-order valence-corrected chi connectivity index (χ1v) is 5.68. The molecule has 0 saturated carbocycles. The van der Waals surface area contributed by atoms with E-state index in [0.29, 0.717) is 0 Å². The molecule has 1 rings (SSSR count). The Kier molecular flexibility index (Phi) is 4.85. The fourth-order valence-corrected chi connectivity index (χ4v) is 2.14. The highest BCUT2D eigenvalue weighted by atomic mass is 16.5. The number of rotatable bonds is 5. The molecule has 1 heterocycles. The number of hydrogen-bond acceptors (Lipinski definition) is 3. The van der Waals surface area contributed by atoms with E-state index in [1.807, 2.05) is 7.11 Å². The average molecular weight is 200 g/mol. The minimum atomic E-state index is 0.0843. The molecule has 0 aromatic heterocycles. The number of nitrogens with zero attached hydrogens (tertiary/aromatic N) is 1. The predicted molar refractivity (Wildman–Crippen MR) is 59.4 cm³/mol. The Bertz CT molecular complexity index is 163. The van der Waals surface area contributed by atoms with Crippen molar-refractivity contribution in [1.29, 1.82) is 0 Å². The van der Waals surface area contributed by atoms with E-state index in [4.69, 9.17) is 10.5 Å². The highest BCUT2D eigenvalue weighted by Gasteiger charge is 2.30. The molecule has 0 aliphatic carbocycles. The van der Waals surface area contributed by atoms with Gasteiger partial charge in [-0.25, -0.2) is 0 Å². The highest BCUT2D eigenvalue weighted by Crippen LogP contribution is 2.23. The molecule has 1 aliphatic rings. The zero-order valence-electron chi connectivity index (χ0n) is 9.59. The first kappa shape index (κ1) is 12.0. The summed E-state index contributed by atoms with van der Waals surface area (Å²) in [6.07, 6.45) is 4.81. The molecule has 3 nitrogen and oxygen atoms in total. The van der Waals surface area contributed by atoms with Crippen LogP contribution in [0.5, 0.6) is 0 Å². The van der Waals surface area contributed by atoms with Crippen LogP contribution in [-0.2, 0) is 4.74 Å². The van der Waals surface area contributed by atoms with Crippen molar-refractivity contribution in [3.63, 3.8) is 0 Å². The van der Waals surface area contributed by atoms with E-state index < -0.39 is 0 Å². The van der Waals surface area contributed by atoms with Crippen LogP contribution >= 0.6 is 0 Å². The van der Waals surface area contributed by atoms with Crippen LogP contribution in [-0.4, -0.2) is 43.8 Å². The number of methoxy groups -OCH3 is 1. The Labute approximate surface area is 87.6 Å². The van der Waals surface area contributed by atoms with Crippen molar-refractivity contribution in [2.75, 3.05) is 33.3 Å². The van der Waals surface area contributed by atoms with Gasteiger partial charge in [-0.05, 0) is 52.2 Å². The number of likely N-dealkylation sites (tertiary alicyclic amines) is 1. The zero-order chi connectivity index (χ0) is 10.4. The topological polar surface area (TPSA) is 38.5 Å². The Morgan fingerprint density at radius 2 is 2.21 bits per heavy atom. The maximum Gasteiger partial charge on any atom is 0.0777 e. The fourth-order valence-electron chi connectivity index (χ4n) is 2.14. The Hall–Kier alpha value is -0.120. The SMILES string of the molecule is COC1(C)CCCN(CCCCN)C1. The second-order valence-corrected chi connectivity index (χ2v) is 4.53. The van der Waals surface area contributed by atoms with Crippen LogP contribution in [0, 0.1) is 0 Å². The van der Waals surface area contributed by atoms with E-state index in [1.54, 1.807) is 0 Å². The molecule has 2 N–H and O–H groups in total. The van der Waals surface area contributed by atoms with E-state index in [1.165, 1.54) is 32.4 Å². The summed E-state index contributed by atoms with van der Waals surface area (Å²) < 4.78 is 5.55. The van der Waals surface area contributed by atoms with Gasteiger partial charge in [0.25, 0.3) is 0 Å². The maximum absolute atomic E-state index is 5.55. The van der Waals surface area contributed by atoms with Gasteiger partial charge in [0.05, 0.1) is 5.60 Å². The van der Waals surface area contributed by atoms with Crippen molar-refractivity contribution in [1.82, 2.24) is 4.90 Å². The lowest BCUT2D eigenvalue weighted by Crippen LogP contribution is -2.47. The van der Waals surface area contributed by atoms with Crippen molar-refractivity contribution in [3.8, 4) is 0 Å². The molecule has 14 heavy (non-hydrogen) atoms. The number of nitrogens with two attached hydrogens (primary N) is 1. The van der Waals surface area contributed by atoms with E-state index in [2.05, 4.69) is 11.8 Å². The van der Waals surface area contributed by atoms with E-state index in [9.17, 15) is 0 Å². The average Bonchev–Trinajstić information content (AvgIpc) is 2.19. The Morgan fingerprint density at radius 3 is 2.86 bits per heavy atom. The molecule has 0 amide bonds. The second kappa shape index (κ2) is 5.69. The molecule has 1 atom stereocenters. The Morgan fingerprint density at radius 1 is 1.43 bits per heavy atom. The van der Waals surface area contributed by atoms with Crippen molar-refractivity contribution in [2.45, 2.75) is 38.2 Å². The summed E-state index contributed by atoms with van der Waals surface area (Å²) in [5.74, 6) is 0. The molecule has 1 unspecified atom stereocenters. The predicted octanol–water partition coefficient (Wildman–Crippen LogP) is 1.23. The lowest BCUT2D eigenvalue weighted by atomic mass is 9.94. The molecular formula is C11H24N2O. The lowest BCUT2D eigenvalue weighted by Gasteiger charge is -2.39. The third kappa shape index (κ3) is 3.56. The standard InChI is InChI=1S/C11H24N2O/c1-11(14-2)6-5-9-13(10-11)8-4-3-7-12/h3-10,12H2,1-2H3. The van der Waals surface area contributed by atoms with Gasteiger partial charge in [0.2, 0.25) is 0 Å². The first-order chi connectivity index (χ1) is 6.70. The minimum absolute atomic E-state index is 0.0843. The quantitative estimate of drug-likeness (QED) is 0.678. The van der Waals surface area contributed by atoms with Crippen molar-refractivity contribution < 1.29 is 4.74 Å². The van der Waals surface area contributed by atoms with Crippen LogP contribution in [0.25, 0.3) is 0 Å². The molecule has 84 valence electrons. The summed E-state index contributed by atoms with van der Waals surface area (Å²) >= 11 is 0. The molecule has 1 aliphatic heterocycles. The van der Waals surface area contributed by atoms with Gasteiger partial charge in [-0.3, -0.25) is 0 Å². The van der Waals surface area contributed by atoms with Gasteiger partial charge in [-0.1, -0.05) is 0 Å². The second-order valence-electron chi connectivity index (χ2n) is 4.53. The summed E-state index contributed by atoms with van der Waals surface area (Å²) in [7, 11) is 1.82. The van der Waals surface area contributed by atoms with E-state index >= 15 is 0 Å². The number of piperidine rings is 1. The van der Waals surface area contributed by atoms with E-state index in [-0.39, 0.29) is 5.60 Å². The van der Waals surface area contributed by atoms with Crippen molar-refractivity contribution >= 4 is 0 Å². The summed E-state index contributed by atoms with van der Waals surface area (Å²) in [5.41, 5.74) is 5.56. The number of unbranched alkanes of at least 4 members (excludes halogenated alkanes) is 1. The maximum atomic E-state index is 5.55. The van der Waals surface area contributed by atoms with Crippen LogP contribution < -0.4 is 5.73 Å². The Balaban J connectivity index is 2.25. The van der Waals surface area contributed by atoms with Crippen LogP contribution in [0.2, 0.25) is 0 Å². The number of hydrogen-bond donors (Lipinski definition) is 1.